The fourth-order valence-electron chi connectivity index (χ4n) is 1.52. The van der Waals surface area contributed by atoms with Gasteiger partial charge in [-0.2, -0.15) is 10.1 Å². The second-order valence-corrected chi connectivity index (χ2v) is 3.57. The molecule has 0 amide bonds. The molecule has 0 fully saturated rings. The summed E-state index contributed by atoms with van der Waals surface area (Å²) in [4.78, 5) is 7.26. The zero-order valence-electron chi connectivity index (χ0n) is 9.08. The first kappa shape index (κ1) is 9.64. The quantitative estimate of drug-likeness (QED) is 0.685. The van der Waals surface area contributed by atoms with Crippen molar-refractivity contribution in [2.45, 2.75) is 0 Å². The van der Waals surface area contributed by atoms with Crippen LogP contribution in [0.15, 0.2) is 29.0 Å². The van der Waals surface area contributed by atoms with E-state index in [2.05, 4.69) is 20.2 Å². The number of nitrogens with zero attached hydrogens (tertiary/aromatic N) is 4. The highest BCUT2D eigenvalue weighted by Gasteiger charge is 2.15. The first-order valence-corrected chi connectivity index (χ1v) is 5.01. The number of H-pyrrole nitrogens is 1. The second-order valence-electron chi connectivity index (χ2n) is 3.57. The van der Waals surface area contributed by atoms with Gasteiger partial charge in [0.2, 0.25) is 5.82 Å². The van der Waals surface area contributed by atoms with Gasteiger partial charge in [0.25, 0.3) is 5.89 Å². The Morgan fingerprint density at radius 1 is 1.47 bits per heavy atom. The molecule has 7 nitrogen and oxygen atoms in total. The summed E-state index contributed by atoms with van der Waals surface area (Å²) < 4.78 is 6.70. The molecule has 0 saturated carbocycles. The van der Waals surface area contributed by atoms with E-state index in [1.165, 1.54) is 0 Å². The normalized spacial score (nSPS) is 10.9. The third-order valence-corrected chi connectivity index (χ3v) is 2.48. The summed E-state index contributed by atoms with van der Waals surface area (Å²) in [7, 11) is 1.75. The van der Waals surface area contributed by atoms with E-state index in [1.54, 1.807) is 24.1 Å². The van der Waals surface area contributed by atoms with Crippen LogP contribution >= 0.6 is 0 Å². The van der Waals surface area contributed by atoms with Crippen molar-refractivity contribution in [3.05, 3.63) is 24.5 Å². The second kappa shape index (κ2) is 3.48. The van der Waals surface area contributed by atoms with Crippen molar-refractivity contribution in [3.63, 3.8) is 0 Å². The number of nitrogens with one attached hydrogen (secondary N) is 1. The summed E-state index contributed by atoms with van der Waals surface area (Å²) in [5.41, 5.74) is 7.26. The number of anilines is 1. The van der Waals surface area contributed by atoms with Crippen molar-refractivity contribution in [3.8, 4) is 23.0 Å². The van der Waals surface area contributed by atoms with Crippen LogP contribution in [0.2, 0.25) is 0 Å². The Labute approximate surface area is 96.3 Å². The van der Waals surface area contributed by atoms with Crippen LogP contribution in [-0.2, 0) is 7.05 Å². The third-order valence-electron chi connectivity index (χ3n) is 2.48. The molecule has 3 N–H and O–H groups in total. The summed E-state index contributed by atoms with van der Waals surface area (Å²) in [6, 6.07) is 3.73. The molecule has 3 heterocycles. The molecule has 0 bridgehead atoms. The van der Waals surface area contributed by atoms with E-state index < -0.39 is 0 Å². The summed E-state index contributed by atoms with van der Waals surface area (Å²) in [5, 5.41) is 7.90. The summed E-state index contributed by atoms with van der Waals surface area (Å²) in [6.45, 7) is 0. The zero-order chi connectivity index (χ0) is 11.8. The predicted molar refractivity (Wildman–Crippen MR) is 60.7 cm³/mol. The summed E-state index contributed by atoms with van der Waals surface area (Å²) in [6.07, 6.45) is 3.39. The largest absolute Gasteiger partial charge is 0.383 e. The van der Waals surface area contributed by atoms with Crippen molar-refractivity contribution in [1.29, 1.82) is 0 Å². The van der Waals surface area contributed by atoms with E-state index in [0.29, 0.717) is 23.1 Å². The summed E-state index contributed by atoms with van der Waals surface area (Å²) in [5.74, 6) is 1.35. The minimum absolute atomic E-state index is 0.361. The van der Waals surface area contributed by atoms with Crippen molar-refractivity contribution in [1.82, 2.24) is 24.9 Å². The number of rotatable bonds is 2. The van der Waals surface area contributed by atoms with Crippen molar-refractivity contribution >= 4 is 5.82 Å². The Balaban J connectivity index is 2.04. The standard InChI is InChI=1S/C10H10N6O/c1-16-8(11)6(5-13-16)10-14-9(15-17-10)7-3-2-4-12-7/h2-5,12H,11H2,1H3. The molecule has 0 unspecified atom stereocenters. The molecule has 0 aliphatic carbocycles. The van der Waals surface area contributed by atoms with E-state index in [9.17, 15) is 0 Å². The van der Waals surface area contributed by atoms with Gasteiger partial charge in [-0.1, -0.05) is 5.16 Å². The monoisotopic (exact) mass is 230 g/mol. The minimum atomic E-state index is 0.361. The van der Waals surface area contributed by atoms with Gasteiger partial charge in [-0.25, -0.2) is 0 Å². The van der Waals surface area contributed by atoms with Gasteiger partial charge < -0.3 is 15.2 Å². The van der Waals surface area contributed by atoms with Crippen LogP contribution in [0.1, 0.15) is 0 Å². The summed E-state index contributed by atoms with van der Waals surface area (Å²) >= 11 is 0. The average molecular weight is 230 g/mol. The molecule has 3 aromatic heterocycles. The molecule has 86 valence electrons. The smallest absolute Gasteiger partial charge is 0.263 e. The molecular weight excluding hydrogens is 220 g/mol. The Kier molecular flexibility index (Phi) is 1.97. The Bertz CT molecular complexity index is 636. The molecule has 7 heteroatoms. The minimum Gasteiger partial charge on any atom is -0.383 e. The van der Waals surface area contributed by atoms with Gasteiger partial charge in [0.1, 0.15) is 11.4 Å². The number of aromatic nitrogens is 5. The molecule has 3 rings (SSSR count). The molecule has 0 spiro atoms. The van der Waals surface area contributed by atoms with Gasteiger partial charge in [-0.15, -0.1) is 0 Å². The van der Waals surface area contributed by atoms with Gasteiger partial charge in [-0.3, -0.25) is 4.68 Å². The molecule has 3 aromatic rings. The fraction of sp³-hybridized carbons (Fsp3) is 0.100. The molecule has 0 aliphatic heterocycles. The maximum atomic E-state index is 5.83. The average Bonchev–Trinajstić information content (AvgIpc) is 3.01. The van der Waals surface area contributed by atoms with Gasteiger partial charge in [0.05, 0.1) is 11.9 Å². The lowest BCUT2D eigenvalue weighted by Crippen LogP contribution is -1.98. The van der Waals surface area contributed by atoms with Crippen LogP contribution in [0.4, 0.5) is 5.82 Å². The predicted octanol–water partition coefficient (Wildman–Crippen LogP) is 1.05. The zero-order valence-corrected chi connectivity index (χ0v) is 9.08. The van der Waals surface area contributed by atoms with Crippen LogP contribution in [0.25, 0.3) is 23.0 Å². The number of nitrogens with two attached hydrogens (primary N) is 1. The SMILES string of the molecule is Cn1ncc(-c2nc(-c3ccc[nH]3)no2)c1N. The lowest BCUT2D eigenvalue weighted by atomic mass is 10.3. The molecule has 0 saturated heterocycles. The fourth-order valence-corrected chi connectivity index (χ4v) is 1.52. The van der Waals surface area contributed by atoms with Crippen LogP contribution in [0.3, 0.4) is 0 Å². The molecule has 17 heavy (non-hydrogen) atoms. The van der Waals surface area contributed by atoms with Crippen LogP contribution in [0, 0.1) is 0 Å². The van der Waals surface area contributed by atoms with Gasteiger partial charge in [0, 0.05) is 13.2 Å². The van der Waals surface area contributed by atoms with Crippen molar-refractivity contribution in [2.24, 2.45) is 7.05 Å². The molecule has 0 atom stereocenters. The maximum Gasteiger partial charge on any atom is 0.263 e. The molecule has 0 aliphatic rings. The van der Waals surface area contributed by atoms with E-state index in [4.69, 9.17) is 10.3 Å². The number of nitrogen functional groups attached to an aromatic ring is 1. The van der Waals surface area contributed by atoms with Crippen molar-refractivity contribution < 1.29 is 4.52 Å². The molecule has 0 aromatic carbocycles. The molecule has 0 radical (unpaired) electrons. The Morgan fingerprint density at radius 2 is 2.35 bits per heavy atom. The Hall–Kier alpha value is -2.57. The number of hydrogen-bond donors (Lipinski definition) is 2. The van der Waals surface area contributed by atoms with Crippen LogP contribution < -0.4 is 5.73 Å². The van der Waals surface area contributed by atoms with Crippen LogP contribution in [0.5, 0.6) is 0 Å². The maximum absolute atomic E-state index is 5.83. The number of aryl methyl sites for hydroxylation is 1. The van der Waals surface area contributed by atoms with Crippen molar-refractivity contribution in [2.75, 3.05) is 5.73 Å². The topological polar surface area (TPSA) is 98.5 Å². The lowest BCUT2D eigenvalue weighted by molar-refractivity contribution is 0.432. The van der Waals surface area contributed by atoms with Gasteiger partial charge in [-0.05, 0) is 12.1 Å². The Morgan fingerprint density at radius 3 is 3.00 bits per heavy atom. The van der Waals surface area contributed by atoms with E-state index in [1.807, 2.05) is 12.1 Å². The van der Waals surface area contributed by atoms with Crippen LogP contribution in [-0.4, -0.2) is 24.9 Å². The van der Waals surface area contributed by atoms with Gasteiger partial charge >= 0.3 is 0 Å². The highest BCUT2D eigenvalue weighted by atomic mass is 16.5. The highest BCUT2D eigenvalue weighted by Crippen LogP contribution is 2.25. The first-order chi connectivity index (χ1) is 8.25. The first-order valence-electron chi connectivity index (χ1n) is 5.01. The van der Waals surface area contributed by atoms with E-state index in [-0.39, 0.29) is 0 Å². The highest BCUT2D eigenvalue weighted by molar-refractivity contribution is 5.67. The number of aromatic amines is 1. The molecular formula is C10H10N6O. The van der Waals surface area contributed by atoms with E-state index >= 15 is 0 Å². The third kappa shape index (κ3) is 1.48. The van der Waals surface area contributed by atoms with Gasteiger partial charge in [0.15, 0.2) is 0 Å². The number of hydrogen-bond acceptors (Lipinski definition) is 5. The van der Waals surface area contributed by atoms with E-state index in [0.717, 1.165) is 5.69 Å². The lowest BCUT2D eigenvalue weighted by Gasteiger charge is -1.93.